The first-order valence-corrected chi connectivity index (χ1v) is 6.70. The van der Waals surface area contributed by atoms with Gasteiger partial charge in [0.15, 0.2) is 0 Å². The van der Waals surface area contributed by atoms with Gasteiger partial charge in [-0.15, -0.1) is 0 Å². The minimum absolute atomic E-state index is 0.0896. The third-order valence-electron chi connectivity index (χ3n) is 3.46. The Kier molecular flexibility index (Phi) is 4.85. The number of nitrogens with zero attached hydrogens (tertiary/aromatic N) is 1. The van der Waals surface area contributed by atoms with E-state index in [2.05, 4.69) is 10.4 Å². The van der Waals surface area contributed by atoms with Crippen LogP contribution in [0.1, 0.15) is 44.1 Å². The molecule has 0 heterocycles. The minimum Gasteiger partial charge on any atom is -0.308 e. The van der Waals surface area contributed by atoms with E-state index in [0.29, 0.717) is 0 Å². The van der Waals surface area contributed by atoms with Crippen molar-refractivity contribution in [1.82, 2.24) is 5.43 Å². The largest absolute Gasteiger partial charge is 0.308 e. The van der Waals surface area contributed by atoms with Crippen LogP contribution >= 0.6 is 0 Å². The molecule has 104 valence electrons. The summed E-state index contributed by atoms with van der Waals surface area (Å²) in [6, 6.07) is 3.42. The van der Waals surface area contributed by atoms with E-state index in [9.17, 15) is 8.78 Å². The first-order chi connectivity index (χ1) is 9.20. The van der Waals surface area contributed by atoms with Crippen molar-refractivity contribution in [2.45, 2.75) is 44.6 Å². The predicted molar refractivity (Wildman–Crippen MR) is 71.7 cm³/mol. The lowest BCUT2D eigenvalue weighted by molar-refractivity contribution is 0.578. The molecule has 1 aliphatic carbocycles. The number of nitrogens with two attached hydrogens (primary N) is 1. The van der Waals surface area contributed by atoms with Crippen molar-refractivity contribution < 1.29 is 8.78 Å². The summed E-state index contributed by atoms with van der Waals surface area (Å²) < 4.78 is 26.9. The summed E-state index contributed by atoms with van der Waals surface area (Å²) in [4.78, 5) is 4.46. The number of amidine groups is 1. The minimum atomic E-state index is -0.522. The van der Waals surface area contributed by atoms with E-state index in [4.69, 9.17) is 5.84 Å². The van der Waals surface area contributed by atoms with Crippen molar-refractivity contribution in [1.29, 1.82) is 0 Å². The molecule has 1 fully saturated rings. The monoisotopic (exact) mass is 267 g/mol. The van der Waals surface area contributed by atoms with Crippen molar-refractivity contribution in [2.75, 3.05) is 0 Å². The molecule has 1 aromatic carbocycles. The molecule has 1 aliphatic rings. The lowest BCUT2D eigenvalue weighted by Crippen LogP contribution is -2.33. The molecule has 19 heavy (non-hydrogen) atoms. The van der Waals surface area contributed by atoms with Gasteiger partial charge in [-0.25, -0.2) is 14.6 Å². The van der Waals surface area contributed by atoms with Gasteiger partial charge in [0, 0.05) is 0 Å². The Labute approximate surface area is 111 Å². The zero-order valence-electron chi connectivity index (χ0n) is 10.8. The Balaban J connectivity index is 2.24. The lowest BCUT2D eigenvalue weighted by atomic mass is 10.1. The molecule has 0 aliphatic heterocycles. The number of benzene rings is 1. The molecule has 1 saturated carbocycles. The standard InChI is InChI=1S/C14H19F2N3/c15-10-7-8-13(16)12(9-10)14(19-17)18-11-5-3-1-2-4-6-11/h7-9,11H,1-6,17H2,(H,18,19). The van der Waals surface area contributed by atoms with Gasteiger partial charge in [0.1, 0.15) is 17.5 Å². The van der Waals surface area contributed by atoms with Gasteiger partial charge < -0.3 is 5.43 Å². The van der Waals surface area contributed by atoms with Crippen molar-refractivity contribution in [2.24, 2.45) is 10.8 Å². The molecule has 1 aromatic rings. The van der Waals surface area contributed by atoms with E-state index in [1.54, 1.807) is 0 Å². The maximum absolute atomic E-state index is 13.7. The zero-order valence-corrected chi connectivity index (χ0v) is 10.8. The summed E-state index contributed by atoms with van der Waals surface area (Å²) in [5, 5.41) is 0. The van der Waals surface area contributed by atoms with E-state index in [1.807, 2.05) is 0 Å². The highest BCUT2D eigenvalue weighted by Gasteiger charge is 2.15. The molecule has 3 N–H and O–H groups in total. The smallest absolute Gasteiger partial charge is 0.145 e. The van der Waals surface area contributed by atoms with Gasteiger partial charge in [-0.05, 0) is 31.0 Å². The molecule has 0 bridgehead atoms. The summed E-state index contributed by atoms with van der Waals surface area (Å²) in [6.45, 7) is 0. The molecule has 0 radical (unpaired) electrons. The fourth-order valence-corrected chi connectivity index (χ4v) is 2.43. The van der Waals surface area contributed by atoms with Crippen LogP contribution in [0.25, 0.3) is 0 Å². The molecule has 0 spiro atoms. The number of hydrogen-bond donors (Lipinski definition) is 2. The number of halogens is 2. The summed E-state index contributed by atoms with van der Waals surface area (Å²) in [5.41, 5.74) is 2.49. The maximum Gasteiger partial charge on any atom is 0.145 e. The SMILES string of the molecule is NNC(=NC1CCCCCC1)c1cc(F)ccc1F. The molecular weight excluding hydrogens is 248 g/mol. The van der Waals surface area contributed by atoms with Gasteiger partial charge in [-0.2, -0.15) is 0 Å². The van der Waals surface area contributed by atoms with Crippen LogP contribution in [-0.2, 0) is 0 Å². The fraction of sp³-hybridized carbons (Fsp3) is 0.500. The van der Waals surface area contributed by atoms with Gasteiger partial charge in [0.25, 0.3) is 0 Å². The van der Waals surface area contributed by atoms with Crippen LogP contribution in [0.2, 0.25) is 0 Å². The summed E-state index contributed by atoms with van der Waals surface area (Å²) in [5.74, 6) is 4.61. The molecule has 0 aromatic heterocycles. The molecule has 0 saturated heterocycles. The number of hydrazine groups is 1. The highest BCUT2D eigenvalue weighted by molar-refractivity contribution is 5.98. The van der Waals surface area contributed by atoms with Gasteiger partial charge in [-0.1, -0.05) is 25.7 Å². The molecule has 0 unspecified atom stereocenters. The maximum atomic E-state index is 13.7. The Bertz CT molecular complexity index is 452. The quantitative estimate of drug-likeness (QED) is 0.284. The number of hydrogen-bond acceptors (Lipinski definition) is 2. The predicted octanol–water partition coefficient (Wildman–Crippen LogP) is 2.90. The third kappa shape index (κ3) is 3.73. The Morgan fingerprint density at radius 1 is 1.16 bits per heavy atom. The van der Waals surface area contributed by atoms with Crippen LogP contribution in [0, 0.1) is 11.6 Å². The van der Waals surface area contributed by atoms with Crippen LogP contribution in [-0.4, -0.2) is 11.9 Å². The Morgan fingerprint density at radius 2 is 1.84 bits per heavy atom. The second-order valence-electron chi connectivity index (χ2n) is 4.89. The van der Waals surface area contributed by atoms with E-state index in [0.717, 1.165) is 43.9 Å². The average Bonchev–Trinajstić information content (AvgIpc) is 2.67. The van der Waals surface area contributed by atoms with E-state index < -0.39 is 11.6 Å². The molecular formula is C14H19F2N3. The molecule has 3 nitrogen and oxygen atoms in total. The Morgan fingerprint density at radius 3 is 2.47 bits per heavy atom. The fourth-order valence-electron chi connectivity index (χ4n) is 2.43. The van der Waals surface area contributed by atoms with Crippen LogP contribution in [0.5, 0.6) is 0 Å². The van der Waals surface area contributed by atoms with Crippen LogP contribution in [0.4, 0.5) is 8.78 Å². The van der Waals surface area contributed by atoms with Crippen molar-refractivity contribution in [3.05, 3.63) is 35.4 Å². The topological polar surface area (TPSA) is 50.4 Å². The molecule has 2 rings (SSSR count). The van der Waals surface area contributed by atoms with Gasteiger partial charge in [0.2, 0.25) is 0 Å². The van der Waals surface area contributed by atoms with Gasteiger partial charge in [-0.3, -0.25) is 4.99 Å². The second kappa shape index (κ2) is 6.61. The van der Waals surface area contributed by atoms with E-state index >= 15 is 0 Å². The van der Waals surface area contributed by atoms with Crippen LogP contribution < -0.4 is 11.3 Å². The second-order valence-corrected chi connectivity index (χ2v) is 4.89. The first kappa shape index (κ1) is 13.9. The molecule has 5 heteroatoms. The van der Waals surface area contributed by atoms with E-state index in [1.165, 1.54) is 12.8 Å². The van der Waals surface area contributed by atoms with Crippen molar-refractivity contribution in [3.8, 4) is 0 Å². The van der Waals surface area contributed by atoms with E-state index in [-0.39, 0.29) is 17.4 Å². The average molecular weight is 267 g/mol. The number of nitrogens with one attached hydrogen (secondary N) is 1. The molecule has 0 amide bonds. The van der Waals surface area contributed by atoms with Crippen molar-refractivity contribution >= 4 is 5.84 Å². The van der Waals surface area contributed by atoms with Gasteiger partial charge in [0.05, 0.1) is 11.6 Å². The summed E-state index contributed by atoms with van der Waals surface area (Å²) in [7, 11) is 0. The van der Waals surface area contributed by atoms with Crippen molar-refractivity contribution in [3.63, 3.8) is 0 Å². The Hall–Kier alpha value is -1.49. The highest BCUT2D eigenvalue weighted by atomic mass is 19.1. The lowest BCUT2D eigenvalue weighted by Gasteiger charge is -2.13. The third-order valence-corrected chi connectivity index (χ3v) is 3.46. The summed E-state index contributed by atoms with van der Waals surface area (Å²) >= 11 is 0. The molecule has 0 atom stereocenters. The normalized spacial score (nSPS) is 18.2. The zero-order chi connectivity index (χ0) is 13.7. The highest BCUT2D eigenvalue weighted by Crippen LogP contribution is 2.21. The number of aliphatic imine (C=N–C) groups is 1. The van der Waals surface area contributed by atoms with Gasteiger partial charge >= 0.3 is 0 Å². The number of rotatable bonds is 2. The summed E-state index contributed by atoms with van der Waals surface area (Å²) in [6.07, 6.45) is 6.62. The van der Waals surface area contributed by atoms with Crippen LogP contribution in [0.3, 0.4) is 0 Å². The first-order valence-electron chi connectivity index (χ1n) is 6.70. The van der Waals surface area contributed by atoms with Crippen LogP contribution in [0.15, 0.2) is 23.2 Å².